The van der Waals surface area contributed by atoms with Crippen molar-refractivity contribution in [3.05, 3.63) is 40.8 Å². The van der Waals surface area contributed by atoms with E-state index in [1.54, 1.807) is 0 Å². The van der Waals surface area contributed by atoms with Crippen LogP contribution in [0, 0.1) is 0 Å². The van der Waals surface area contributed by atoms with Gasteiger partial charge in [-0.3, -0.25) is 4.79 Å². The molecule has 6 heteroatoms. The van der Waals surface area contributed by atoms with Crippen molar-refractivity contribution < 1.29 is 14.7 Å². The third-order valence-electron chi connectivity index (χ3n) is 3.52. The minimum Gasteiger partial charge on any atom is -0.480 e. The Kier molecular flexibility index (Phi) is 3.31. The molecule has 2 aromatic heterocycles. The van der Waals surface area contributed by atoms with Crippen LogP contribution in [0.25, 0.3) is 5.69 Å². The van der Waals surface area contributed by atoms with Crippen LogP contribution in [0.4, 0.5) is 0 Å². The van der Waals surface area contributed by atoms with Crippen LogP contribution in [0.15, 0.2) is 36.0 Å². The summed E-state index contributed by atoms with van der Waals surface area (Å²) in [6, 6.07) is 4.97. The van der Waals surface area contributed by atoms with Gasteiger partial charge < -0.3 is 14.6 Å². The third-order valence-corrected chi connectivity index (χ3v) is 4.41. The first-order chi connectivity index (χ1) is 9.68. The highest BCUT2D eigenvalue weighted by atomic mass is 32.1. The number of rotatable bonds is 3. The molecule has 1 aliphatic rings. The van der Waals surface area contributed by atoms with Gasteiger partial charge in [-0.2, -0.15) is 0 Å². The van der Waals surface area contributed by atoms with E-state index in [0.29, 0.717) is 17.8 Å². The Balaban J connectivity index is 1.92. The van der Waals surface area contributed by atoms with Gasteiger partial charge in [0, 0.05) is 18.9 Å². The minimum absolute atomic E-state index is 0.186. The fourth-order valence-corrected chi connectivity index (χ4v) is 3.40. The zero-order valence-corrected chi connectivity index (χ0v) is 11.5. The Morgan fingerprint density at radius 2 is 2.05 bits per heavy atom. The van der Waals surface area contributed by atoms with Crippen LogP contribution in [0.2, 0.25) is 0 Å². The first-order valence-corrected chi connectivity index (χ1v) is 7.31. The fraction of sp³-hybridized carbons (Fsp3) is 0.286. The number of carboxylic acids is 1. The number of likely N-dealkylation sites (tertiary alicyclic amines) is 1. The lowest BCUT2D eigenvalue weighted by atomic mass is 10.2. The smallest absolute Gasteiger partial charge is 0.326 e. The van der Waals surface area contributed by atoms with Gasteiger partial charge in [-0.15, -0.1) is 11.3 Å². The number of nitrogens with zero attached hydrogens (tertiary/aromatic N) is 2. The molecule has 0 saturated carbocycles. The normalized spacial score (nSPS) is 18.4. The highest BCUT2D eigenvalue weighted by Crippen LogP contribution is 2.27. The molecule has 0 bridgehead atoms. The molecular weight excluding hydrogens is 276 g/mol. The van der Waals surface area contributed by atoms with Gasteiger partial charge in [0.05, 0.1) is 5.69 Å². The van der Waals surface area contributed by atoms with Crippen LogP contribution >= 0.6 is 11.3 Å². The van der Waals surface area contributed by atoms with Crippen molar-refractivity contribution in [2.24, 2.45) is 0 Å². The molecule has 1 N–H and O–H groups in total. The Hall–Kier alpha value is -2.08. The molecule has 0 aromatic carbocycles. The standard InChI is InChI=1S/C14H14N2O3S/c17-13(16-8-3-4-11(16)14(18)19)12-10(5-9-20-12)15-6-1-2-7-15/h1-2,5-7,9,11H,3-4,8H2,(H,18,19)/t11-/m0/s1. The largest absolute Gasteiger partial charge is 0.480 e. The van der Waals surface area contributed by atoms with Crippen molar-refractivity contribution >= 4 is 23.2 Å². The van der Waals surface area contributed by atoms with Crippen LogP contribution in [0.1, 0.15) is 22.5 Å². The summed E-state index contributed by atoms with van der Waals surface area (Å²) in [6.07, 6.45) is 5.02. The SMILES string of the molecule is O=C(O)[C@@H]1CCCN1C(=O)c1sccc1-n1cccc1. The first kappa shape index (κ1) is 12.9. The highest BCUT2D eigenvalue weighted by Gasteiger charge is 2.35. The van der Waals surface area contributed by atoms with E-state index in [2.05, 4.69) is 0 Å². The van der Waals surface area contributed by atoms with Gasteiger partial charge in [-0.1, -0.05) is 0 Å². The Morgan fingerprint density at radius 1 is 1.30 bits per heavy atom. The molecule has 3 heterocycles. The molecule has 1 amide bonds. The van der Waals surface area contributed by atoms with E-state index in [0.717, 1.165) is 12.1 Å². The summed E-state index contributed by atoms with van der Waals surface area (Å²) in [7, 11) is 0. The zero-order valence-electron chi connectivity index (χ0n) is 10.7. The lowest BCUT2D eigenvalue weighted by Crippen LogP contribution is -2.40. The second-order valence-corrected chi connectivity index (χ2v) is 5.64. The van der Waals surface area contributed by atoms with Gasteiger partial charge >= 0.3 is 5.97 Å². The summed E-state index contributed by atoms with van der Waals surface area (Å²) in [4.78, 5) is 25.9. The molecule has 20 heavy (non-hydrogen) atoms. The number of thiophene rings is 1. The molecule has 1 fully saturated rings. The van der Waals surface area contributed by atoms with Crippen LogP contribution in [0.5, 0.6) is 0 Å². The molecule has 0 unspecified atom stereocenters. The van der Waals surface area contributed by atoms with Gasteiger partial charge in [-0.05, 0) is 36.4 Å². The van der Waals surface area contributed by atoms with Crippen LogP contribution in [-0.2, 0) is 4.79 Å². The van der Waals surface area contributed by atoms with E-state index < -0.39 is 12.0 Å². The van der Waals surface area contributed by atoms with E-state index in [1.165, 1.54) is 16.2 Å². The second-order valence-electron chi connectivity index (χ2n) is 4.72. The molecule has 5 nitrogen and oxygen atoms in total. The molecular formula is C14H14N2O3S. The molecule has 104 valence electrons. The van der Waals surface area contributed by atoms with Gasteiger partial charge in [0.25, 0.3) is 5.91 Å². The summed E-state index contributed by atoms with van der Waals surface area (Å²) in [6.45, 7) is 0.513. The summed E-state index contributed by atoms with van der Waals surface area (Å²) >= 11 is 1.35. The predicted octanol–water partition coefficient (Wildman–Crippen LogP) is 2.23. The number of aliphatic carboxylic acids is 1. The van der Waals surface area contributed by atoms with Crippen LogP contribution < -0.4 is 0 Å². The number of carbonyl (C=O) groups is 2. The second kappa shape index (κ2) is 5.13. The van der Waals surface area contributed by atoms with Crippen molar-refractivity contribution in [2.45, 2.75) is 18.9 Å². The molecule has 1 saturated heterocycles. The Morgan fingerprint density at radius 3 is 2.75 bits per heavy atom. The van der Waals surface area contributed by atoms with E-state index in [9.17, 15) is 14.7 Å². The number of carbonyl (C=O) groups excluding carboxylic acids is 1. The third kappa shape index (κ3) is 2.12. The van der Waals surface area contributed by atoms with E-state index in [4.69, 9.17) is 0 Å². The molecule has 1 atom stereocenters. The minimum atomic E-state index is -0.921. The van der Waals surface area contributed by atoms with Gasteiger partial charge in [0.2, 0.25) is 0 Å². The number of hydrogen-bond donors (Lipinski definition) is 1. The van der Waals surface area contributed by atoms with Gasteiger partial charge in [0.15, 0.2) is 0 Å². The summed E-state index contributed by atoms with van der Waals surface area (Å²) in [5.74, 6) is -1.11. The average Bonchev–Trinajstić information content (AvgIpc) is 3.17. The summed E-state index contributed by atoms with van der Waals surface area (Å²) < 4.78 is 1.87. The Labute approximate surface area is 120 Å². The Bertz CT molecular complexity index is 633. The lowest BCUT2D eigenvalue weighted by molar-refractivity contribution is -0.141. The van der Waals surface area contributed by atoms with Crippen LogP contribution in [0.3, 0.4) is 0 Å². The average molecular weight is 290 g/mol. The maximum absolute atomic E-state index is 12.6. The quantitative estimate of drug-likeness (QED) is 0.943. The molecule has 2 aromatic rings. The van der Waals surface area contributed by atoms with Crippen molar-refractivity contribution in [3.63, 3.8) is 0 Å². The van der Waals surface area contributed by atoms with Crippen molar-refractivity contribution in [3.8, 4) is 5.69 Å². The molecule has 0 spiro atoms. The zero-order chi connectivity index (χ0) is 14.1. The molecule has 0 radical (unpaired) electrons. The lowest BCUT2D eigenvalue weighted by Gasteiger charge is -2.21. The monoisotopic (exact) mass is 290 g/mol. The van der Waals surface area contributed by atoms with Gasteiger partial charge in [-0.25, -0.2) is 4.79 Å². The topological polar surface area (TPSA) is 62.5 Å². The van der Waals surface area contributed by atoms with Crippen LogP contribution in [-0.4, -0.2) is 39.0 Å². The van der Waals surface area contributed by atoms with Crippen molar-refractivity contribution in [2.75, 3.05) is 6.54 Å². The molecule has 1 aliphatic heterocycles. The molecule has 0 aliphatic carbocycles. The maximum Gasteiger partial charge on any atom is 0.326 e. The predicted molar refractivity (Wildman–Crippen MR) is 75.3 cm³/mol. The number of carboxylic acid groups (broad SMARTS) is 1. The van der Waals surface area contributed by atoms with Crippen molar-refractivity contribution in [1.82, 2.24) is 9.47 Å². The number of amides is 1. The van der Waals surface area contributed by atoms with E-state index in [1.807, 2.05) is 40.5 Å². The fourth-order valence-electron chi connectivity index (χ4n) is 2.56. The first-order valence-electron chi connectivity index (χ1n) is 6.43. The summed E-state index contributed by atoms with van der Waals surface area (Å²) in [5.41, 5.74) is 0.807. The highest BCUT2D eigenvalue weighted by molar-refractivity contribution is 7.12. The van der Waals surface area contributed by atoms with E-state index in [-0.39, 0.29) is 5.91 Å². The van der Waals surface area contributed by atoms with Gasteiger partial charge in [0.1, 0.15) is 10.9 Å². The number of aromatic nitrogens is 1. The maximum atomic E-state index is 12.6. The van der Waals surface area contributed by atoms with E-state index >= 15 is 0 Å². The number of hydrogen-bond acceptors (Lipinski definition) is 3. The molecule has 3 rings (SSSR count). The summed E-state index contributed by atoms with van der Waals surface area (Å²) in [5, 5.41) is 11.0. The van der Waals surface area contributed by atoms with Crippen molar-refractivity contribution in [1.29, 1.82) is 0 Å².